The monoisotopic (exact) mass is 237 g/mol. The van der Waals surface area contributed by atoms with Crippen molar-refractivity contribution in [3.8, 4) is 0 Å². The third kappa shape index (κ3) is 2.58. The van der Waals surface area contributed by atoms with Crippen LogP contribution in [0.15, 0.2) is 0 Å². The van der Waals surface area contributed by atoms with Crippen molar-refractivity contribution < 1.29 is 4.79 Å². The third-order valence-electron chi connectivity index (χ3n) is 3.24. The molecule has 0 aliphatic carbocycles. The Morgan fingerprint density at radius 2 is 2.47 bits per heavy atom. The number of amides is 1. The van der Waals surface area contributed by atoms with Crippen LogP contribution in [-0.2, 0) is 0 Å². The van der Waals surface area contributed by atoms with Crippen LogP contribution in [0.1, 0.15) is 22.5 Å². The molecule has 1 aromatic heterocycles. The first-order chi connectivity index (χ1) is 8.08. The molecule has 1 aliphatic heterocycles. The topological polar surface area (TPSA) is 87.0 Å². The fourth-order valence-electron chi connectivity index (χ4n) is 2.25. The van der Waals surface area contributed by atoms with Gasteiger partial charge in [0.15, 0.2) is 5.82 Å². The van der Waals surface area contributed by atoms with Gasteiger partial charge in [-0.1, -0.05) is 0 Å². The summed E-state index contributed by atoms with van der Waals surface area (Å²) in [6, 6.07) is 0. The van der Waals surface area contributed by atoms with Gasteiger partial charge in [0, 0.05) is 18.8 Å². The Balaban J connectivity index is 1.90. The fourth-order valence-corrected chi connectivity index (χ4v) is 2.25. The molecule has 1 aliphatic rings. The van der Waals surface area contributed by atoms with Crippen LogP contribution in [0, 0.1) is 12.8 Å². The molecule has 0 bridgehead atoms. The zero-order valence-electron chi connectivity index (χ0n) is 10.3. The summed E-state index contributed by atoms with van der Waals surface area (Å²) in [6.45, 7) is 4.64. The van der Waals surface area contributed by atoms with E-state index in [9.17, 15) is 4.79 Å². The van der Waals surface area contributed by atoms with Crippen molar-refractivity contribution in [2.24, 2.45) is 5.92 Å². The molecule has 94 valence electrons. The molecule has 0 spiro atoms. The number of carbonyl (C=O) groups is 1. The number of nitrogen functional groups attached to an aromatic ring is 1. The summed E-state index contributed by atoms with van der Waals surface area (Å²) in [7, 11) is 2.10. The predicted molar refractivity (Wildman–Crippen MR) is 65.7 cm³/mol. The van der Waals surface area contributed by atoms with E-state index in [1.165, 1.54) is 0 Å². The van der Waals surface area contributed by atoms with Gasteiger partial charge >= 0.3 is 0 Å². The molecule has 6 nitrogen and oxygen atoms in total. The number of carbonyl (C=O) groups excluding carboxylic acids is 1. The highest BCUT2D eigenvalue weighted by molar-refractivity contribution is 5.99. The SMILES string of the molecule is Cc1[nH]nc(N)c1C(=O)NCC1CCN(C)C1. The number of aryl methyl sites for hydroxylation is 1. The minimum atomic E-state index is -0.136. The molecule has 1 fully saturated rings. The molecular formula is C11H19N5O. The van der Waals surface area contributed by atoms with E-state index in [4.69, 9.17) is 5.73 Å². The first-order valence-electron chi connectivity index (χ1n) is 5.85. The molecule has 1 amide bonds. The van der Waals surface area contributed by atoms with E-state index in [-0.39, 0.29) is 11.7 Å². The maximum absolute atomic E-state index is 11.9. The van der Waals surface area contributed by atoms with Crippen LogP contribution in [0.4, 0.5) is 5.82 Å². The lowest BCUT2D eigenvalue weighted by Crippen LogP contribution is -2.31. The number of nitrogens with zero attached hydrogens (tertiary/aromatic N) is 2. The Labute approximate surface area is 101 Å². The molecule has 4 N–H and O–H groups in total. The van der Waals surface area contributed by atoms with Gasteiger partial charge in [0.2, 0.25) is 0 Å². The zero-order chi connectivity index (χ0) is 12.4. The molecule has 0 saturated carbocycles. The molecule has 1 unspecified atom stereocenters. The van der Waals surface area contributed by atoms with Gasteiger partial charge in [-0.05, 0) is 32.9 Å². The van der Waals surface area contributed by atoms with Crippen LogP contribution in [0.5, 0.6) is 0 Å². The number of nitrogens with two attached hydrogens (primary N) is 1. The maximum atomic E-state index is 11.9. The summed E-state index contributed by atoms with van der Waals surface area (Å²) in [4.78, 5) is 14.2. The van der Waals surface area contributed by atoms with Crippen LogP contribution in [-0.4, -0.2) is 47.7 Å². The first kappa shape index (κ1) is 11.9. The minimum absolute atomic E-state index is 0.136. The number of likely N-dealkylation sites (tertiary alicyclic amines) is 1. The van der Waals surface area contributed by atoms with E-state index >= 15 is 0 Å². The highest BCUT2D eigenvalue weighted by atomic mass is 16.1. The lowest BCUT2D eigenvalue weighted by atomic mass is 10.1. The van der Waals surface area contributed by atoms with E-state index in [0.29, 0.717) is 23.7 Å². The van der Waals surface area contributed by atoms with Crippen molar-refractivity contribution in [2.45, 2.75) is 13.3 Å². The van der Waals surface area contributed by atoms with E-state index in [1.807, 2.05) is 0 Å². The van der Waals surface area contributed by atoms with Gasteiger partial charge in [0.1, 0.15) is 5.56 Å². The summed E-state index contributed by atoms with van der Waals surface area (Å²) in [5.41, 5.74) is 6.82. The number of hydrogen-bond donors (Lipinski definition) is 3. The van der Waals surface area contributed by atoms with Crippen molar-refractivity contribution in [1.82, 2.24) is 20.4 Å². The molecule has 1 atom stereocenters. The highest BCUT2D eigenvalue weighted by Gasteiger charge is 2.21. The number of aromatic amines is 1. The summed E-state index contributed by atoms with van der Waals surface area (Å²) < 4.78 is 0. The normalized spacial score (nSPS) is 20.7. The molecule has 0 aromatic carbocycles. The van der Waals surface area contributed by atoms with Gasteiger partial charge in [-0.15, -0.1) is 0 Å². The lowest BCUT2D eigenvalue weighted by Gasteiger charge is -2.11. The number of hydrogen-bond acceptors (Lipinski definition) is 4. The van der Waals surface area contributed by atoms with Gasteiger partial charge in [0.25, 0.3) is 5.91 Å². The number of rotatable bonds is 3. The second-order valence-corrected chi connectivity index (χ2v) is 4.74. The molecule has 2 rings (SSSR count). The zero-order valence-corrected chi connectivity index (χ0v) is 10.3. The molecule has 0 radical (unpaired) electrons. The Morgan fingerprint density at radius 3 is 3.00 bits per heavy atom. The number of H-pyrrole nitrogens is 1. The predicted octanol–water partition coefficient (Wildman–Crippen LogP) is -0.0182. The maximum Gasteiger partial charge on any atom is 0.256 e. The van der Waals surface area contributed by atoms with Gasteiger partial charge in [-0.2, -0.15) is 5.10 Å². The van der Waals surface area contributed by atoms with Crippen molar-refractivity contribution >= 4 is 11.7 Å². The Kier molecular flexibility index (Phi) is 3.33. The average molecular weight is 237 g/mol. The first-order valence-corrected chi connectivity index (χ1v) is 5.85. The van der Waals surface area contributed by atoms with Crippen LogP contribution >= 0.6 is 0 Å². The highest BCUT2D eigenvalue weighted by Crippen LogP contribution is 2.15. The summed E-state index contributed by atoms with van der Waals surface area (Å²) in [6.07, 6.45) is 1.14. The van der Waals surface area contributed by atoms with Crippen molar-refractivity contribution in [3.63, 3.8) is 0 Å². The Hall–Kier alpha value is -1.56. The molecule has 6 heteroatoms. The summed E-state index contributed by atoms with van der Waals surface area (Å²) in [5.74, 6) is 0.671. The van der Waals surface area contributed by atoms with Crippen molar-refractivity contribution in [2.75, 3.05) is 32.4 Å². The number of anilines is 1. The van der Waals surface area contributed by atoms with Crippen LogP contribution < -0.4 is 11.1 Å². The number of aromatic nitrogens is 2. The van der Waals surface area contributed by atoms with Gasteiger partial charge in [-0.25, -0.2) is 0 Å². The van der Waals surface area contributed by atoms with Crippen LogP contribution in [0.25, 0.3) is 0 Å². The third-order valence-corrected chi connectivity index (χ3v) is 3.24. The average Bonchev–Trinajstić information content (AvgIpc) is 2.83. The summed E-state index contributed by atoms with van der Waals surface area (Å²) in [5, 5.41) is 9.45. The Morgan fingerprint density at radius 1 is 1.71 bits per heavy atom. The molecule has 1 saturated heterocycles. The quantitative estimate of drug-likeness (QED) is 0.689. The second kappa shape index (κ2) is 4.75. The molecular weight excluding hydrogens is 218 g/mol. The van der Waals surface area contributed by atoms with Gasteiger partial charge in [0.05, 0.1) is 0 Å². The number of nitrogens with one attached hydrogen (secondary N) is 2. The van der Waals surface area contributed by atoms with E-state index < -0.39 is 0 Å². The van der Waals surface area contributed by atoms with Crippen LogP contribution in [0.2, 0.25) is 0 Å². The standard InChI is InChI=1S/C11H19N5O/c1-7-9(10(12)15-14-7)11(17)13-5-8-3-4-16(2)6-8/h8H,3-6H2,1-2H3,(H,13,17)(H3,12,14,15). The lowest BCUT2D eigenvalue weighted by molar-refractivity contribution is 0.0948. The fraction of sp³-hybridized carbons (Fsp3) is 0.636. The van der Waals surface area contributed by atoms with Gasteiger partial charge in [-0.3, -0.25) is 9.89 Å². The second-order valence-electron chi connectivity index (χ2n) is 4.74. The smallest absolute Gasteiger partial charge is 0.256 e. The molecule has 1 aromatic rings. The molecule has 17 heavy (non-hydrogen) atoms. The van der Waals surface area contributed by atoms with Crippen molar-refractivity contribution in [1.29, 1.82) is 0 Å². The van der Waals surface area contributed by atoms with Gasteiger partial charge < -0.3 is 16.0 Å². The van der Waals surface area contributed by atoms with Crippen molar-refractivity contribution in [3.05, 3.63) is 11.3 Å². The largest absolute Gasteiger partial charge is 0.382 e. The Bertz CT molecular complexity index is 394. The minimum Gasteiger partial charge on any atom is -0.382 e. The van der Waals surface area contributed by atoms with E-state index in [1.54, 1.807) is 6.92 Å². The molecule has 2 heterocycles. The van der Waals surface area contributed by atoms with E-state index in [0.717, 1.165) is 19.5 Å². The van der Waals surface area contributed by atoms with Crippen LogP contribution in [0.3, 0.4) is 0 Å². The van der Waals surface area contributed by atoms with E-state index in [2.05, 4.69) is 27.5 Å². The summed E-state index contributed by atoms with van der Waals surface area (Å²) >= 11 is 0.